The van der Waals surface area contributed by atoms with Crippen molar-refractivity contribution in [2.75, 3.05) is 20.3 Å². The smallest absolute Gasteiger partial charge is 0.411 e. The lowest BCUT2D eigenvalue weighted by atomic mass is 10.2. The monoisotopic (exact) mass is 244 g/mol. The molecule has 0 aromatic heterocycles. The zero-order valence-electron chi connectivity index (χ0n) is 11.2. The summed E-state index contributed by atoms with van der Waals surface area (Å²) in [4.78, 5) is 13.6. The van der Waals surface area contributed by atoms with Gasteiger partial charge in [-0.1, -0.05) is 0 Å². The summed E-state index contributed by atoms with van der Waals surface area (Å²) in [5.74, 6) is 0.416. The van der Waals surface area contributed by atoms with Gasteiger partial charge in [-0.15, -0.1) is 0 Å². The van der Waals surface area contributed by atoms with E-state index in [9.17, 15) is 4.79 Å². The summed E-state index contributed by atoms with van der Waals surface area (Å²) >= 11 is 0. The highest BCUT2D eigenvalue weighted by molar-refractivity contribution is 5.68. The van der Waals surface area contributed by atoms with Crippen molar-refractivity contribution >= 4 is 6.09 Å². The summed E-state index contributed by atoms with van der Waals surface area (Å²) < 4.78 is 10.3. The number of carbonyl (C=O) groups excluding carboxylic acids is 1. The van der Waals surface area contributed by atoms with Crippen LogP contribution in [0, 0.1) is 5.92 Å². The van der Waals surface area contributed by atoms with E-state index < -0.39 is 5.60 Å². The van der Waals surface area contributed by atoms with Crippen LogP contribution < -0.4 is 5.73 Å². The minimum atomic E-state index is -0.494. The molecule has 0 spiro atoms. The molecular weight excluding hydrogens is 220 g/mol. The van der Waals surface area contributed by atoms with E-state index in [1.165, 1.54) is 0 Å². The average molecular weight is 244 g/mol. The first-order valence-corrected chi connectivity index (χ1v) is 6.09. The first-order valence-electron chi connectivity index (χ1n) is 6.09. The fraction of sp³-hybridized carbons (Fsp3) is 0.917. The van der Waals surface area contributed by atoms with E-state index in [0.717, 1.165) is 12.8 Å². The highest BCUT2D eigenvalue weighted by atomic mass is 16.6. The Morgan fingerprint density at radius 1 is 1.47 bits per heavy atom. The zero-order chi connectivity index (χ0) is 13.1. The highest BCUT2D eigenvalue weighted by Gasteiger charge is 2.36. The van der Waals surface area contributed by atoms with Crippen molar-refractivity contribution in [3.63, 3.8) is 0 Å². The van der Waals surface area contributed by atoms with Crippen LogP contribution in [0.1, 0.15) is 33.6 Å². The predicted molar refractivity (Wildman–Crippen MR) is 65.5 cm³/mol. The fourth-order valence-corrected chi connectivity index (χ4v) is 1.56. The molecule has 1 aliphatic rings. The van der Waals surface area contributed by atoms with Crippen LogP contribution in [0.3, 0.4) is 0 Å². The Labute approximate surface area is 103 Å². The Morgan fingerprint density at radius 3 is 2.47 bits per heavy atom. The molecule has 1 rings (SSSR count). The third kappa shape index (κ3) is 4.91. The molecule has 1 unspecified atom stereocenters. The van der Waals surface area contributed by atoms with Crippen molar-refractivity contribution in [3.8, 4) is 0 Å². The molecule has 5 nitrogen and oxygen atoms in total. The number of carbonyl (C=O) groups is 1. The van der Waals surface area contributed by atoms with Crippen molar-refractivity contribution in [2.24, 2.45) is 11.7 Å². The fourth-order valence-electron chi connectivity index (χ4n) is 1.56. The van der Waals surface area contributed by atoms with Crippen LogP contribution in [0.15, 0.2) is 0 Å². The van der Waals surface area contributed by atoms with Gasteiger partial charge in [-0.25, -0.2) is 4.79 Å². The minimum Gasteiger partial charge on any atom is -0.444 e. The topological polar surface area (TPSA) is 64.8 Å². The second kappa shape index (κ2) is 5.69. The van der Waals surface area contributed by atoms with Crippen molar-refractivity contribution in [2.45, 2.75) is 45.4 Å². The summed E-state index contributed by atoms with van der Waals surface area (Å²) in [6, 6.07) is 0. The molecule has 0 bridgehead atoms. The van der Waals surface area contributed by atoms with Gasteiger partial charge in [0.2, 0.25) is 0 Å². The van der Waals surface area contributed by atoms with Gasteiger partial charge in [-0.05, 0) is 39.5 Å². The third-order valence-corrected chi connectivity index (χ3v) is 2.63. The van der Waals surface area contributed by atoms with Gasteiger partial charge >= 0.3 is 6.09 Å². The SMILES string of the molecule is COCCN(C(=O)OC(C)(C)C)C(N)C1CC1. The van der Waals surface area contributed by atoms with Crippen LogP contribution in [0.25, 0.3) is 0 Å². The first kappa shape index (κ1) is 14.3. The average Bonchev–Trinajstić information content (AvgIpc) is 2.98. The Kier molecular flexibility index (Phi) is 4.77. The van der Waals surface area contributed by atoms with Crippen molar-refractivity contribution in [1.82, 2.24) is 4.90 Å². The molecule has 1 atom stereocenters. The number of rotatable bonds is 5. The van der Waals surface area contributed by atoms with Gasteiger partial charge in [0.25, 0.3) is 0 Å². The normalized spacial score (nSPS) is 17.7. The Morgan fingerprint density at radius 2 is 2.06 bits per heavy atom. The molecule has 2 N–H and O–H groups in total. The molecule has 17 heavy (non-hydrogen) atoms. The maximum atomic E-state index is 12.0. The van der Waals surface area contributed by atoms with E-state index in [1.807, 2.05) is 20.8 Å². The molecular formula is C12H24N2O3. The van der Waals surface area contributed by atoms with E-state index in [0.29, 0.717) is 19.1 Å². The molecule has 5 heteroatoms. The van der Waals surface area contributed by atoms with Gasteiger partial charge in [-0.2, -0.15) is 0 Å². The quantitative estimate of drug-likeness (QED) is 0.745. The van der Waals surface area contributed by atoms with Gasteiger partial charge < -0.3 is 15.2 Å². The maximum absolute atomic E-state index is 12.0. The first-order chi connectivity index (χ1) is 7.85. The lowest BCUT2D eigenvalue weighted by Gasteiger charge is -2.31. The van der Waals surface area contributed by atoms with Crippen molar-refractivity contribution < 1.29 is 14.3 Å². The number of nitrogens with zero attached hydrogens (tertiary/aromatic N) is 1. The largest absolute Gasteiger partial charge is 0.444 e. The van der Waals surface area contributed by atoms with Gasteiger partial charge in [0, 0.05) is 13.7 Å². The van der Waals surface area contributed by atoms with E-state index >= 15 is 0 Å². The molecule has 0 aliphatic heterocycles. The van der Waals surface area contributed by atoms with E-state index in [1.54, 1.807) is 12.0 Å². The van der Waals surface area contributed by atoms with Gasteiger partial charge in [0.15, 0.2) is 0 Å². The lowest BCUT2D eigenvalue weighted by Crippen LogP contribution is -2.50. The molecule has 1 aliphatic carbocycles. The van der Waals surface area contributed by atoms with Gasteiger partial charge in [0.1, 0.15) is 5.60 Å². The summed E-state index contributed by atoms with van der Waals surface area (Å²) in [6.45, 7) is 6.49. The number of methoxy groups -OCH3 is 1. The highest BCUT2D eigenvalue weighted by Crippen LogP contribution is 2.33. The summed E-state index contributed by atoms with van der Waals surface area (Å²) in [7, 11) is 1.61. The predicted octanol–water partition coefficient (Wildman–Crippen LogP) is 1.56. The van der Waals surface area contributed by atoms with Gasteiger partial charge in [-0.3, -0.25) is 4.90 Å². The standard InChI is InChI=1S/C12H24N2O3/c1-12(2,3)17-11(15)14(7-8-16-4)10(13)9-5-6-9/h9-10H,5-8,13H2,1-4H3. The minimum absolute atomic E-state index is 0.250. The molecule has 0 heterocycles. The lowest BCUT2D eigenvalue weighted by molar-refractivity contribution is 0.00852. The van der Waals surface area contributed by atoms with E-state index in [-0.39, 0.29) is 12.3 Å². The third-order valence-electron chi connectivity index (χ3n) is 2.63. The molecule has 0 radical (unpaired) electrons. The van der Waals surface area contributed by atoms with Crippen LogP contribution in [0.2, 0.25) is 0 Å². The van der Waals surface area contributed by atoms with E-state index in [4.69, 9.17) is 15.2 Å². The number of ether oxygens (including phenoxy) is 2. The Balaban J connectivity index is 2.57. The summed E-state index contributed by atoms with van der Waals surface area (Å²) in [5, 5.41) is 0. The Bertz CT molecular complexity index is 259. The van der Waals surface area contributed by atoms with Crippen LogP contribution in [-0.2, 0) is 9.47 Å². The number of nitrogens with two attached hydrogens (primary N) is 1. The Hall–Kier alpha value is -0.810. The van der Waals surface area contributed by atoms with Gasteiger partial charge in [0.05, 0.1) is 12.8 Å². The van der Waals surface area contributed by atoms with E-state index in [2.05, 4.69) is 0 Å². The summed E-state index contributed by atoms with van der Waals surface area (Å²) in [5.41, 5.74) is 5.56. The molecule has 1 fully saturated rings. The number of hydrogen-bond donors (Lipinski definition) is 1. The molecule has 1 amide bonds. The maximum Gasteiger partial charge on any atom is 0.411 e. The van der Waals surface area contributed by atoms with Crippen molar-refractivity contribution in [1.29, 1.82) is 0 Å². The van der Waals surface area contributed by atoms with Crippen LogP contribution in [-0.4, -0.2) is 43.0 Å². The van der Waals surface area contributed by atoms with Crippen molar-refractivity contribution in [3.05, 3.63) is 0 Å². The molecule has 0 aromatic carbocycles. The molecule has 0 aromatic rings. The second-order valence-corrected chi connectivity index (χ2v) is 5.49. The summed E-state index contributed by atoms with van der Waals surface area (Å²) in [6.07, 6.45) is 1.58. The van der Waals surface area contributed by atoms with Crippen LogP contribution in [0.5, 0.6) is 0 Å². The molecule has 0 saturated heterocycles. The second-order valence-electron chi connectivity index (χ2n) is 5.49. The van der Waals surface area contributed by atoms with Crippen LogP contribution >= 0.6 is 0 Å². The van der Waals surface area contributed by atoms with Crippen LogP contribution in [0.4, 0.5) is 4.79 Å². The number of hydrogen-bond acceptors (Lipinski definition) is 4. The molecule has 100 valence electrons. The number of amides is 1. The zero-order valence-corrected chi connectivity index (χ0v) is 11.2. The molecule has 1 saturated carbocycles.